The first-order chi connectivity index (χ1) is 30.7. The molecule has 1 spiro atoms. The zero-order valence-electron chi connectivity index (χ0n) is 33.2. The van der Waals surface area contributed by atoms with Gasteiger partial charge < -0.3 is 4.74 Å². The van der Waals surface area contributed by atoms with E-state index in [-0.39, 0.29) is 0 Å². The van der Waals surface area contributed by atoms with Crippen LogP contribution in [0.2, 0.25) is 0 Å². The van der Waals surface area contributed by atoms with Crippen LogP contribution in [0.25, 0.3) is 79.5 Å². The summed E-state index contributed by atoms with van der Waals surface area (Å²) in [6.45, 7) is 0. The smallest absolute Gasteiger partial charge is 0.164 e. The Kier molecular flexibility index (Phi) is 8.25. The van der Waals surface area contributed by atoms with Crippen LogP contribution in [-0.4, -0.2) is 29.9 Å². The number of nitrogens with zero attached hydrogens (tertiary/aromatic N) is 6. The second kappa shape index (κ2) is 14.4. The molecule has 7 nitrogen and oxygen atoms in total. The molecule has 10 aromatic rings. The molecule has 0 radical (unpaired) electrons. The van der Waals surface area contributed by atoms with E-state index in [0.29, 0.717) is 34.9 Å². The Labute approximate surface area is 358 Å². The Morgan fingerprint density at radius 3 is 1.13 bits per heavy atom. The predicted molar refractivity (Wildman–Crippen MR) is 243 cm³/mol. The van der Waals surface area contributed by atoms with Crippen molar-refractivity contribution in [3.8, 4) is 91.0 Å². The van der Waals surface area contributed by atoms with Crippen LogP contribution >= 0.6 is 0 Å². The molecule has 0 atom stereocenters. The Bertz CT molecular complexity index is 3160. The molecule has 0 N–H and O–H groups in total. The van der Waals surface area contributed by atoms with Gasteiger partial charge in [0.25, 0.3) is 0 Å². The zero-order chi connectivity index (χ0) is 41.0. The fourth-order valence-electron chi connectivity index (χ4n) is 9.15. The van der Waals surface area contributed by atoms with Crippen LogP contribution < -0.4 is 4.74 Å². The van der Waals surface area contributed by atoms with Crippen molar-refractivity contribution in [3.63, 3.8) is 0 Å². The van der Waals surface area contributed by atoms with Crippen molar-refractivity contribution in [1.82, 2.24) is 29.9 Å². The van der Waals surface area contributed by atoms with Crippen LogP contribution in [0.3, 0.4) is 0 Å². The topological polar surface area (TPSA) is 86.6 Å². The lowest BCUT2D eigenvalue weighted by Crippen LogP contribution is -2.32. The van der Waals surface area contributed by atoms with Crippen LogP contribution in [-0.2, 0) is 5.41 Å². The van der Waals surface area contributed by atoms with Crippen molar-refractivity contribution in [3.05, 3.63) is 229 Å². The first-order valence-corrected chi connectivity index (χ1v) is 20.6. The largest absolute Gasteiger partial charge is 0.457 e. The molecule has 1 aliphatic heterocycles. The maximum atomic E-state index is 6.68. The molecule has 2 aromatic heterocycles. The molecule has 0 bridgehead atoms. The summed E-state index contributed by atoms with van der Waals surface area (Å²) >= 11 is 0. The van der Waals surface area contributed by atoms with E-state index in [0.717, 1.165) is 78.3 Å². The van der Waals surface area contributed by atoms with Crippen LogP contribution in [0.1, 0.15) is 22.3 Å². The van der Waals surface area contributed by atoms with E-state index in [2.05, 4.69) is 72.8 Å². The highest BCUT2D eigenvalue weighted by Gasteiger charge is 2.52. The van der Waals surface area contributed by atoms with Crippen molar-refractivity contribution >= 4 is 0 Å². The minimum Gasteiger partial charge on any atom is -0.457 e. The lowest BCUT2D eigenvalue weighted by atomic mass is 9.66. The van der Waals surface area contributed by atoms with E-state index < -0.39 is 5.41 Å². The molecule has 2 aliphatic rings. The minimum atomic E-state index is -0.730. The number of aromatic nitrogens is 6. The van der Waals surface area contributed by atoms with Gasteiger partial charge in [0.15, 0.2) is 34.9 Å². The Morgan fingerprint density at radius 2 is 0.661 bits per heavy atom. The number of hydrogen-bond donors (Lipinski definition) is 0. The standard InChI is InChI=1S/C55H34N6O/c1-5-18-35(19-6-1)49-56-50(36-20-7-2-8-21-36)59-53(58-49)39-32-33-42-41(34-39)48-40(54-60-51(37-22-9-3-10-23-37)57-52(61-54)38-24-11-4-12-25-38)26-17-29-45(48)55(42)43-27-13-15-30-46(43)62-47-31-16-14-28-44(47)55/h1-34H. The quantitative estimate of drug-likeness (QED) is 0.166. The highest BCUT2D eigenvalue weighted by molar-refractivity contribution is 5.97. The average Bonchev–Trinajstić information content (AvgIpc) is 3.65. The van der Waals surface area contributed by atoms with Gasteiger partial charge in [-0.2, -0.15) is 0 Å². The van der Waals surface area contributed by atoms with E-state index in [1.54, 1.807) is 0 Å². The molecule has 0 amide bonds. The van der Waals surface area contributed by atoms with E-state index >= 15 is 0 Å². The lowest BCUT2D eigenvalue weighted by Gasteiger charge is -2.39. The molecule has 3 heterocycles. The summed E-state index contributed by atoms with van der Waals surface area (Å²) in [5.41, 5.74) is 11.1. The summed E-state index contributed by atoms with van der Waals surface area (Å²) in [5, 5.41) is 0. The van der Waals surface area contributed by atoms with Gasteiger partial charge in [-0.15, -0.1) is 0 Å². The van der Waals surface area contributed by atoms with E-state index in [1.807, 2.05) is 133 Å². The first-order valence-electron chi connectivity index (χ1n) is 20.6. The monoisotopic (exact) mass is 794 g/mol. The van der Waals surface area contributed by atoms with Crippen molar-refractivity contribution in [2.75, 3.05) is 0 Å². The highest BCUT2D eigenvalue weighted by Crippen LogP contribution is 2.63. The molecule has 0 saturated carbocycles. The Morgan fingerprint density at radius 1 is 0.274 bits per heavy atom. The van der Waals surface area contributed by atoms with Gasteiger partial charge in [0, 0.05) is 44.5 Å². The normalized spacial score (nSPS) is 12.8. The molecule has 0 fully saturated rings. The fourth-order valence-corrected chi connectivity index (χ4v) is 9.15. The van der Waals surface area contributed by atoms with Gasteiger partial charge >= 0.3 is 0 Å². The van der Waals surface area contributed by atoms with Crippen molar-refractivity contribution in [1.29, 1.82) is 0 Å². The van der Waals surface area contributed by atoms with Gasteiger partial charge in [-0.25, -0.2) is 29.9 Å². The van der Waals surface area contributed by atoms with Gasteiger partial charge in [-0.3, -0.25) is 0 Å². The second-order valence-corrected chi connectivity index (χ2v) is 15.4. The molecule has 0 unspecified atom stereocenters. The number of fused-ring (bicyclic) bond motifs is 9. The first kappa shape index (κ1) is 35.5. The van der Waals surface area contributed by atoms with Crippen molar-refractivity contribution in [2.45, 2.75) is 5.41 Å². The lowest BCUT2D eigenvalue weighted by molar-refractivity contribution is 0.436. The summed E-state index contributed by atoms with van der Waals surface area (Å²) < 4.78 is 6.68. The van der Waals surface area contributed by atoms with Crippen molar-refractivity contribution in [2.24, 2.45) is 0 Å². The van der Waals surface area contributed by atoms with E-state index in [1.165, 1.54) is 0 Å². The molecule has 0 saturated heterocycles. The zero-order valence-corrected chi connectivity index (χ0v) is 33.2. The summed E-state index contributed by atoms with van der Waals surface area (Å²) in [6, 6.07) is 70.3. The Hall–Kier alpha value is -8.42. The molecule has 12 rings (SSSR count). The van der Waals surface area contributed by atoms with Gasteiger partial charge in [-0.05, 0) is 40.5 Å². The van der Waals surface area contributed by atoms with Gasteiger partial charge in [0.2, 0.25) is 0 Å². The van der Waals surface area contributed by atoms with Crippen LogP contribution in [0.5, 0.6) is 11.5 Å². The number of para-hydroxylation sites is 2. The highest BCUT2D eigenvalue weighted by atomic mass is 16.5. The Balaban J connectivity index is 1.16. The maximum Gasteiger partial charge on any atom is 0.164 e. The maximum absolute atomic E-state index is 6.68. The van der Waals surface area contributed by atoms with Crippen LogP contribution in [0.15, 0.2) is 206 Å². The predicted octanol–water partition coefficient (Wildman–Crippen LogP) is 12.5. The summed E-state index contributed by atoms with van der Waals surface area (Å²) in [4.78, 5) is 30.9. The van der Waals surface area contributed by atoms with Gasteiger partial charge in [-0.1, -0.05) is 188 Å². The van der Waals surface area contributed by atoms with Gasteiger partial charge in [0.1, 0.15) is 11.5 Å². The molecular weight excluding hydrogens is 761 g/mol. The molecule has 62 heavy (non-hydrogen) atoms. The third-order valence-electron chi connectivity index (χ3n) is 11.9. The summed E-state index contributed by atoms with van der Waals surface area (Å²) in [6.07, 6.45) is 0. The average molecular weight is 795 g/mol. The van der Waals surface area contributed by atoms with Gasteiger partial charge in [0.05, 0.1) is 5.41 Å². The molecular formula is C55H34N6O. The number of benzene rings is 8. The summed E-state index contributed by atoms with van der Waals surface area (Å²) in [5.74, 6) is 5.19. The minimum absolute atomic E-state index is 0.575. The van der Waals surface area contributed by atoms with E-state index in [4.69, 9.17) is 34.6 Å². The fraction of sp³-hybridized carbons (Fsp3) is 0.0182. The molecule has 7 heteroatoms. The molecule has 290 valence electrons. The number of ether oxygens (including phenoxy) is 1. The number of hydrogen-bond acceptors (Lipinski definition) is 7. The summed E-state index contributed by atoms with van der Waals surface area (Å²) in [7, 11) is 0. The third-order valence-corrected chi connectivity index (χ3v) is 11.9. The van der Waals surface area contributed by atoms with E-state index in [9.17, 15) is 0 Å². The van der Waals surface area contributed by atoms with Crippen LogP contribution in [0, 0.1) is 0 Å². The third kappa shape index (κ3) is 5.67. The van der Waals surface area contributed by atoms with Crippen LogP contribution in [0.4, 0.5) is 0 Å². The second-order valence-electron chi connectivity index (χ2n) is 15.4. The molecule has 1 aliphatic carbocycles. The number of rotatable bonds is 6. The van der Waals surface area contributed by atoms with Crippen molar-refractivity contribution < 1.29 is 4.74 Å². The molecule has 8 aromatic carbocycles. The SMILES string of the molecule is c1ccc(-c2nc(-c3ccccc3)nc(-c3ccc4c(c3)-c3c(-c5nc(-c6ccccc6)nc(-c6ccccc6)n5)cccc3C43c4ccccc4Oc4ccccc43)n2)cc1.